The zero-order valence-electron chi connectivity index (χ0n) is 14.3. The molecule has 0 unspecified atom stereocenters. The maximum absolute atomic E-state index is 12.7. The van der Waals surface area contributed by atoms with Crippen LogP contribution in [0.1, 0.15) is 64.7 Å². The van der Waals surface area contributed by atoms with Gasteiger partial charge in [-0.25, -0.2) is 4.79 Å². The van der Waals surface area contributed by atoms with Gasteiger partial charge in [0.1, 0.15) is 11.6 Å². The second-order valence-corrected chi connectivity index (χ2v) is 6.77. The summed E-state index contributed by atoms with van der Waals surface area (Å²) in [5, 5.41) is 14.8. The van der Waals surface area contributed by atoms with E-state index in [0.29, 0.717) is 32.2 Å². The Hall–Kier alpha value is -1.63. The number of nitrogens with one attached hydrogen (secondary N) is 2. The molecule has 1 aliphatic heterocycles. The van der Waals surface area contributed by atoms with Gasteiger partial charge in [0.05, 0.1) is 0 Å². The summed E-state index contributed by atoms with van der Waals surface area (Å²) in [5.74, 6) is -1.54. The summed E-state index contributed by atoms with van der Waals surface area (Å²) in [6, 6.07) is 0. The molecule has 1 heterocycles. The molecule has 24 heavy (non-hydrogen) atoms. The number of carboxylic acids is 1. The Kier molecular flexibility index (Phi) is 6.60. The highest BCUT2D eigenvalue weighted by Crippen LogP contribution is 2.30. The molecule has 3 N–H and O–H groups in total. The Morgan fingerprint density at radius 1 is 1.12 bits per heavy atom. The van der Waals surface area contributed by atoms with Crippen molar-refractivity contribution in [1.29, 1.82) is 0 Å². The van der Waals surface area contributed by atoms with Crippen molar-refractivity contribution in [2.45, 2.75) is 82.5 Å². The molecule has 2 amide bonds. The van der Waals surface area contributed by atoms with Crippen LogP contribution < -0.4 is 10.6 Å². The molecular weight excluding hydrogens is 312 g/mol. The van der Waals surface area contributed by atoms with Crippen molar-refractivity contribution in [1.82, 2.24) is 10.6 Å². The summed E-state index contributed by atoms with van der Waals surface area (Å²) in [7, 11) is 0. The molecule has 7 nitrogen and oxygen atoms in total. The fraction of sp³-hybridized carbons (Fsp3) is 0.824. The van der Waals surface area contributed by atoms with Crippen LogP contribution in [0.3, 0.4) is 0 Å². The van der Waals surface area contributed by atoms with Gasteiger partial charge in [-0.2, -0.15) is 0 Å². The third kappa shape index (κ3) is 4.47. The van der Waals surface area contributed by atoms with Gasteiger partial charge in [-0.15, -0.1) is 0 Å². The molecule has 0 aromatic rings. The predicted octanol–water partition coefficient (Wildman–Crippen LogP) is 1.35. The van der Waals surface area contributed by atoms with E-state index in [1.807, 2.05) is 0 Å². The molecule has 2 aliphatic rings. The van der Waals surface area contributed by atoms with E-state index in [9.17, 15) is 14.4 Å². The van der Waals surface area contributed by atoms with Crippen LogP contribution in [0.25, 0.3) is 0 Å². The van der Waals surface area contributed by atoms with Crippen LogP contribution in [0.15, 0.2) is 0 Å². The number of hydrogen-bond acceptors (Lipinski definition) is 4. The van der Waals surface area contributed by atoms with E-state index in [0.717, 1.165) is 32.1 Å². The van der Waals surface area contributed by atoms with Crippen LogP contribution in [-0.2, 0) is 19.1 Å². The van der Waals surface area contributed by atoms with Crippen molar-refractivity contribution < 1.29 is 24.2 Å². The fourth-order valence-electron chi connectivity index (χ4n) is 3.44. The molecule has 2 atom stereocenters. The topological polar surface area (TPSA) is 105 Å². The number of rotatable bonds is 7. The largest absolute Gasteiger partial charge is 0.479 e. The van der Waals surface area contributed by atoms with Crippen LogP contribution >= 0.6 is 0 Å². The van der Waals surface area contributed by atoms with Crippen molar-refractivity contribution in [3.8, 4) is 0 Å². The van der Waals surface area contributed by atoms with E-state index in [1.54, 1.807) is 0 Å². The van der Waals surface area contributed by atoms with Gasteiger partial charge < -0.3 is 20.5 Å². The molecule has 1 saturated carbocycles. The standard InChI is InChI=1S/C17H28N2O5/c1-2-3-11-18-16(23)17(9-5-4-6-10-17)19-14(20)12-7-8-13(24-12)15(21)22/h12-13H,2-11H2,1H3,(H,18,23)(H,19,20)(H,21,22)/t12-,13+/m0/s1. The smallest absolute Gasteiger partial charge is 0.332 e. The first-order chi connectivity index (χ1) is 11.5. The third-order valence-electron chi connectivity index (χ3n) is 4.91. The molecule has 0 radical (unpaired) electrons. The lowest BCUT2D eigenvalue weighted by atomic mass is 9.80. The molecule has 0 aromatic heterocycles. The Balaban J connectivity index is 1.99. The first-order valence-corrected chi connectivity index (χ1v) is 8.97. The lowest BCUT2D eigenvalue weighted by molar-refractivity contribution is -0.153. The molecule has 1 aliphatic carbocycles. The van der Waals surface area contributed by atoms with E-state index >= 15 is 0 Å². The van der Waals surface area contributed by atoms with Gasteiger partial charge in [0.25, 0.3) is 0 Å². The van der Waals surface area contributed by atoms with E-state index in [-0.39, 0.29) is 11.8 Å². The summed E-state index contributed by atoms with van der Waals surface area (Å²) >= 11 is 0. The molecule has 136 valence electrons. The number of hydrogen-bond donors (Lipinski definition) is 3. The molecule has 2 fully saturated rings. The minimum Gasteiger partial charge on any atom is -0.479 e. The van der Waals surface area contributed by atoms with Crippen LogP contribution in [0.4, 0.5) is 0 Å². The Bertz CT molecular complexity index is 474. The van der Waals surface area contributed by atoms with Crippen LogP contribution in [0.2, 0.25) is 0 Å². The summed E-state index contributed by atoms with van der Waals surface area (Å²) in [5.41, 5.74) is -0.881. The SMILES string of the molecule is CCCCNC(=O)C1(NC(=O)[C@@H]2CC[C@H](C(=O)O)O2)CCCCC1. The van der Waals surface area contributed by atoms with Gasteiger partial charge in [0, 0.05) is 6.54 Å². The number of carboxylic acid groups (broad SMARTS) is 1. The highest BCUT2D eigenvalue weighted by Gasteiger charge is 2.43. The van der Waals surface area contributed by atoms with Gasteiger partial charge >= 0.3 is 5.97 Å². The first kappa shape index (κ1) is 18.7. The summed E-state index contributed by atoms with van der Waals surface area (Å²) in [6.45, 7) is 2.66. The molecule has 0 bridgehead atoms. The molecule has 1 saturated heterocycles. The van der Waals surface area contributed by atoms with E-state index in [1.165, 1.54) is 0 Å². The van der Waals surface area contributed by atoms with Crippen LogP contribution in [0.5, 0.6) is 0 Å². The van der Waals surface area contributed by atoms with E-state index < -0.39 is 23.7 Å². The quantitative estimate of drug-likeness (QED) is 0.607. The monoisotopic (exact) mass is 340 g/mol. The number of aliphatic carboxylic acids is 1. The summed E-state index contributed by atoms with van der Waals surface area (Å²) in [4.78, 5) is 36.1. The van der Waals surface area contributed by atoms with Gasteiger partial charge in [0.2, 0.25) is 11.8 Å². The van der Waals surface area contributed by atoms with Gasteiger partial charge in [-0.1, -0.05) is 32.6 Å². The summed E-state index contributed by atoms with van der Waals surface area (Å²) in [6.07, 6.45) is 4.95. The zero-order valence-corrected chi connectivity index (χ0v) is 14.3. The highest BCUT2D eigenvalue weighted by atomic mass is 16.5. The average molecular weight is 340 g/mol. The minimum absolute atomic E-state index is 0.128. The molecule has 7 heteroatoms. The third-order valence-corrected chi connectivity index (χ3v) is 4.91. The first-order valence-electron chi connectivity index (χ1n) is 8.97. The maximum atomic E-state index is 12.7. The van der Waals surface area contributed by atoms with Crippen molar-refractivity contribution in [2.24, 2.45) is 0 Å². The highest BCUT2D eigenvalue weighted by molar-refractivity contribution is 5.93. The number of carbonyl (C=O) groups is 3. The van der Waals surface area contributed by atoms with Crippen molar-refractivity contribution >= 4 is 17.8 Å². The van der Waals surface area contributed by atoms with Gasteiger partial charge in [0.15, 0.2) is 6.10 Å². The number of amides is 2. The second-order valence-electron chi connectivity index (χ2n) is 6.77. The Morgan fingerprint density at radius 3 is 2.38 bits per heavy atom. The van der Waals surface area contributed by atoms with E-state index in [2.05, 4.69) is 17.6 Å². The fourth-order valence-corrected chi connectivity index (χ4v) is 3.44. The number of ether oxygens (including phenoxy) is 1. The minimum atomic E-state index is -1.05. The van der Waals surface area contributed by atoms with E-state index in [4.69, 9.17) is 9.84 Å². The number of unbranched alkanes of at least 4 members (excludes halogenated alkanes) is 1. The number of carbonyl (C=O) groups excluding carboxylic acids is 2. The lowest BCUT2D eigenvalue weighted by Gasteiger charge is -2.37. The van der Waals surface area contributed by atoms with Gasteiger partial charge in [-0.3, -0.25) is 9.59 Å². The zero-order chi connectivity index (χ0) is 17.6. The average Bonchev–Trinajstić information content (AvgIpc) is 3.06. The molecular formula is C17H28N2O5. The lowest BCUT2D eigenvalue weighted by Crippen LogP contribution is -2.61. The predicted molar refractivity (Wildman–Crippen MR) is 87.4 cm³/mol. The normalized spacial score (nSPS) is 25.9. The maximum Gasteiger partial charge on any atom is 0.332 e. The van der Waals surface area contributed by atoms with Crippen LogP contribution in [0, 0.1) is 0 Å². The molecule has 0 spiro atoms. The van der Waals surface area contributed by atoms with Crippen LogP contribution in [-0.4, -0.2) is 47.2 Å². The van der Waals surface area contributed by atoms with Crippen molar-refractivity contribution in [2.75, 3.05) is 6.54 Å². The second kappa shape index (κ2) is 8.46. The van der Waals surface area contributed by atoms with Gasteiger partial charge in [-0.05, 0) is 32.1 Å². The van der Waals surface area contributed by atoms with Crippen molar-refractivity contribution in [3.05, 3.63) is 0 Å². The molecule has 0 aromatic carbocycles. The van der Waals surface area contributed by atoms with Crippen molar-refractivity contribution in [3.63, 3.8) is 0 Å². The Morgan fingerprint density at radius 2 is 1.79 bits per heavy atom. The summed E-state index contributed by atoms with van der Waals surface area (Å²) < 4.78 is 5.31. The molecule has 2 rings (SSSR count). The Labute approximate surface area is 142 Å².